The third-order valence-electron chi connectivity index (χ3n) is 5.81. The molecule has 0 spiro atoms. The summed E-state index contributed by atoms with van der Waals surface area (Å²) in [6, 6.07) is 0.530. The van der Waals surface area contributed by atoms with Crippen molar-refractivity contribution in [3.05, 3.63) is 0 Å². The number of carbonyl (C=O) groups is 1. The number of methoxy groups -OCH3 is 1. The second-order valence-electron chi connectivity index (χ2n) is 7.19. The molecule has 0 aromatic carbocycles. The predicted octanol–water partition coefficient (Wildman–Crippen LogP) is 2.43. The SMILES string of the molecule is CNC1(C(=O)OC)CCC(N2CCCC(C(C)C)CC2)C1. The van der Waals surface area contributed by atoms with Crippen molar-refractivity contribution in [2.24, 2.45) is 11.8 Å². The molecule has 0 bridgehead atoms. The van der Waals surface area contributed by atoms with E-state index in [-0.39, 0.29) is 5.97 Å². The van der Waals surface area contributed by atoms with E-state index in [1.54, 1.807) is 0 Å². The Kier molecular flexibility index (Phi) is 5.67. The van der Waals surface area contributed by atoms with Crippen LogP contribution in [0.4, 0.5) is 0 Å². The summed E-state index contributed by atoms with van der Waals surface area (Å²) in [5.41, 5.74) is -0.455. The normalized spacial score (nSPS) is 34.9. The van der Waals surface area contributed by atoms with Gasteiger partial charge in [0.1, 0.15) is 5.54 Å². The van der Waals surface area contributed by atoms with Gasteiger partial charge in [-0.05, 0) is 70.5 Å². The van der Waals surface area contributed by atoms with Gasteiger partial charge in [-0.15, -0.1) is 0 Å². The molecular formula is C17H32N2O2. The van der Waals surface area contributed by atoms with Crippen molar-refractivity contribution < 1.29 is 9.53 Å². The lowest BCUT2D eigenvalue weighted by Gasteiger charge is -2.30. The maximum absolute atomic E-state index is 12.1. The first-order valence-corrected chi connectivity index (χ1v) is 8.54. The zero-order valence-electron chi connectivity index (χ0n) is 14.2. The average molecular weight is 296 g/mol. The lowest BCUT2D eigenvalue weighted by Crippen LogP contribution is -2.50. The van der Waals surface area contributed by atoms with Crippen LogP contribution in [0.2, 0.25) is 0 Å². The van der Waals surface area contributed by atoms with Gasteiger partial charge in [0, 0.05) is 6.04 Å². The molecule has 1 aliphatic heterocycles. The first kappa shape index (κ1) is 16.8. The number of esters is 1. The van der Waals surface area contributed by atoms with Crippen LogP contribution < -0.4 is 5.32 Å². The van der Waals surface area contributed by atoms with Gasteiger partial charge in [-0.2, -0.15) is 0 Å². The number of ether oxygens (including phenoxy) is 1. The molecule has 1 aliphatic carbocycles. The molecule has 122 valence electrons. The van der Waals surface area contributed by atoms with Crippen LogP contribution in [-0.2, 0) is 9.53 Å². The smallest absolute Gasteiger partial charge is 0.326 e. The Balaban J connectivity index is 1.96. The molecule has 0 aromatic heterocycles. The van der Waals surface area contributed by atoms with Crippen molar-refractivity contribution >= 4 is 5.97 Å². The molecule has 4 nitrogen and oxygen atoms in total. The van der Waals surface area contributed by atoms with Gasteiger partial charge in [-0.1, -0.05) is 13.8 Å². The van der Waals surface area contributed by atoms with Gasteiger partial charge in [0.15, 0.2) is 0 Å². The van der Waals surface area contributed by atoms with Crippen LogP contribution in [0.15, 0.2) is 0 Å². The Hall–Kier alpha value is -0.610. The van der Waals surface area contributed by atoms with Gasteiger partial charge >= 0.3 is 5.97 Å². The molecule has 21 heavy (non-hydrogen) atoms. The summed E-state index contributed by atoms with van der Waals surface area (Å²) < 4.78 is 5.02. The number of hydrogen-bond acceptors (Lipinski definition) is 4. The number of carbonyl (C=O) groups excluding carboxylic acids is 1. The Bertz CT molecular complexity index is 359. The average Bonchev–Trinajstić information content (AvgIpc) is 2.77. The summed E-state index contributed by atoms with van der Waals surface area (Å²) in [7, 11) is 3.38. The summed E-state index contributed by atoms with van der Waals surface area (Å²) in [5, 5.41) is 3.24. The van der Waals surface area contributed by atoms with Gasteiger partial charge in [0.25, 0.3) is 0 Å². The number of nitrogens with one attached hydrogen (secondary N) is 1. The van der Waals surface area contributed by atoms with Crippen LogP contribution in [0.25, 0.3) is 0 Å². The first-order valence-electron chi connectivity index (χ1n) is 8.54. The molecule has 2 rings (SSSR count). The number of rotatable bonds is 4. The highest BCUT2D eigenvalue weighted by Crippen LogP contribution is 2.36. The summed E-state index contributed by atoms with van der Waals surface area (Å²) in [4.78, 5) is 14.7. The molecule has 2 aliphatic rings. The van der Waals surface area contributed by atoms with Gasteiger partial charge in [0.2, 0.25) is 0 Å². The van der Waals surface area contributed by atoms with E-state index < -0.39 is 5.54 Å². The van der Waals surface area contributed by atoms with Crippen LogP contribution in [0.3, 0.4) is 0 Å². The Labute approximate surface area is 129 Å². The fourth-order valence-corrected chi connectivity index (χ4v) is 4.22. The van der Waals surface area contributed by atoms with Gasteiger partial charge in [-0.3, -0.25) is 4.79 Å². The third-order valence-corrected chi connectivity index (χ3v) is 5.81. The Morgan fingerprint density at radius 2 is 2.05 bits per heavy atom. The lowest BCUT2D eigenvalue weighted by molar-refractivity contribution is -0.148. The van der Waals surface area contributed by atoms with Crippen molar-refractivity contribution in [2.45, 2.75) is 64.0 Å². The second-order valence-corrected chi connectivity index (χ2v) is 7.19. The van der Waals surface area contributed by atoms with Crippen molar-refractivity contribution in [2.75, 3.05) is 27.2 Å². The zero-order valence-corrected chi connectivity index (χ0v) is 14.2. The Morgan fingerprint density at radius 3 is 2.67 bits per heavy atom. The predicted molar refractivity (Wildman–Crippen MR) is 85.2 cm³/mol. The number of hydrogen-bond donors (Lipinski definition) is 1. The minimum Gasteiger partial charge on any atom is -0.468 e. The largest absolute Gasteiger partial charge is 0.468 e. The maximum Gasteiger partial charge on any atom is 0.326 e. The monoisotopic (exact) mass is 296 g/mol. The zero-order chi connectivity index (χ0) is 15.5. The first-order chi connectivity index (χ1) is 10.0. The molecule has 1 saturated carbocycles. The van der Waals surface area contributed by atoms with Crippen LogP contribution in [0.1, 0.15) is 52.4 Å². The summed E-state index contributed by atoms with van der Waals surface area (Å²) >= 11 is 0. The van der Waals surface area contributed by atoms with E-state index in [0.717, 1.165) is 31.1 Å². The van der Waals surface area contributed by atoms with E-state index in [2.05, 4.69) is 24.1 Å². The van der Waals surface area contributed by atoms with Gasteiger partial charge < -0.3 is 15.0 Å². The topological polar surface area (TPSA) is 41.6 Å². The Morgan fingerprint density at radius 1 is 1.29 bits per heavy atom. The molecule has 1 heterocycles. The highest BCUT2D eigenvalue weighted by Gasteiger charge is 2.46. The second kappa shape index (κ2) is 7.10. The van der Waals surface area contributed by atoms with Crippen LogP contribution in [0, 0.1) is 11.8 Å². The molecule has 0 amide bonds. The van der Waals surface area contributed by atoms with E-state index in [1.165, 1.54) is 39.5 Å². The molecule has 3 atom stereocenters. The molecule has 0 aromatic rings. The van der Waals surface area contributed by atoms with Crippen LogP contribution in [0.5, 0.6) is 0 Å². The molecule has 3 unspecified atom stereocenters. The van der Waals surface area contributed by atoms with Crippen molar-refractivity contribution in [1.82, 2.24) is 10.2 Å². The fourth-order valence-electron chi connectivity index (χ4n) is 4.22. The van der Waals surface area contributed by atoms with E-state index in [0.29, 0.717) is 6.04 Å². The molecule has 4 heteroatoms. The quantitative estimate of drug-likeness (QED) is 0.809. The highest BCUT2D eigenvalue weighted by atomic mass is 16.5. The van der Waals surface area contributed by atoms with Crippen LogP contribution in [-0.4, -0.2) is 49.7 Å². The van der Waals surface area contributed by atoms with Crippen molar-refractivity contribution in [1.29, 1.82) is 0 Å². The van der Waals surface area contributed by atoms with Gasteiger partial charge in [-0.25, -0.2) is 0 Å². The standard InChI is InChI=1S/C17H32N2O2/c1-13(2)14-6-5-10-19(11-8-14)15-7-9-17(12-15,18-3)16(20)21-4/h13-15,18H,5-12H2,1-4H3. The molecule has 0 radical (unpaired) electrons. The van der Waals surface area contributed by atoms with Crippen molar-refractivity contribution in [3.63, 3.8) is 0 Å². The molecule has 2 fully saturated rings. The molecular weight excluding hydrogens is 264 g/mol. The van der Waals surface area contributed by atoms with Crippen molar-refractivity contribution in [3.8, 4) is 0 Å². The van der Waals surface area contributed by atoms with E-state index in [4.69, 9.17) is 4.74 Å². The number of likely N-dealkylation sites (N-methyl/N-ethyl adjacent to an activating group) is 1. The molecule has 1 saturated heterocycles. The summed E-state index contributed by atoms with van der Waals surface area (Å²) in [6.45, 7) is 7.07. The van der Waals surface area contributed by atoms with Crippen LogP contribution >= 0.6 is 0 Å². The minimum atomic E-state index is -0.455. The van der Waals surface area contributed by atoms with E-state index in [9.17, 15) is 4.79 Å². The highest BCUT2D eigenvalue weighted by molar-refractivity contribution is 5.81. The maximum atomic E-state index is 12.1. The van der Waals surface area contributed by atoms with Gasteiger partial charge in [0.05, 0.1) is 7.11 Å². The summed E-state index contributed by atoms with van der Waals surface area (Å²) in [6.07, 6.45) is 6.84. The van der Waals surface area contributed by atoms with E-state index in [1.807, 2.05) is 7.05 Å². The lowest BCUT2D eigenvalue weighted by atomic mass is 9.89. The minimum absolute atomic E-state index is 0.0950. The number of nitrogens with zero attached hydrogens (tertiary/aromatic N) is 1. The van der Waals surface area contributed by atoms with E-state index >= 15 is 0 Å². The summed E-state index contributed by atoms with van der Waals surface area (Å²) in [5.74, 6) is 1.56. The third kappa shape index (κ3) is 3.59. The fraction of sp³-hybridized carbons (Fsp3) is 0.941. The number of likely N-dealkylation sites (tertiary alicyclic amines) is 1. The molecule has 1 N–H and O–H groups in total.